The summed E-state index contributed by atoms with van der Waals surface area (Å²) in [5.41, 5.74) is 6.38. The molecule has 118 valence electrons. The third kappa shape index (κ3) is 3.56. The summed E-state index contributed by atoms with van der Waals surface area (Å²) < 4.78 is 32.3. The zero-order chi connectivity index (χ0) is 15.5. The minimum atomic E-state index is -3.44. The van der Waals surface area contributed by atoms with Crippen LogP contribution < -0.4 is 10.5 Å². The zero-order valence-electron chi connectivity index (χ0n) is 12.7. The SMILES string of the molecule is COc1ccc(S(=O)(=O)N2CCCC(C)CC2)cc1CN. The lowest BCUT2D eigenvalue weighted by molar-refractivity contribution is 0.407. The molecule has 0 aromatic heterocycles. The molecule has 2 rings (SSSR count). The number of nitrogens with two attached hydrogens (primary N) is 1. The van der Waals surface area contributed by atoms with Crippen LogP contribution in [0.3, 0.4) is 0 Å². The first-order chi connectivity index (χ1) is 9.98. The van der Waals surface area contributed by atoms with E-state index in [1.54, 1.807) is 29.6 Å². The van der Waals surface area contributed by atoms with Crippen LogP contribution in [0.5, 0.6) is 5.75 Å². The molecule has 6 heteroatoms. The van der Waals surface area contributed by atoms with Gasteiger partial charge in [-0.1, -0.05) is 6.92 Å². The Labute approximate surface area is 127 Å². The fourth-order valence-electron chi connectivity index (χ4n) is 2.70. The van der Waals surface area contributed by atoms with Crippen molar-refractivity contribution in [2.24, 2.45) is 11.7 Å². The van der Waals surface area contributed by atoms with Gasteiger partial charge in [-0.25, -0.2) is 8.42 Å². The van der Waals surface area contributed by atoms with Gasteiger partial charge < -0.3 is 10.5 Å². The van der Waals surface area contributed by atoms with E-state index >= 15 is 0 Å². The van der Waals surface area contributed by atoms with Crippen LogP contribution in [0.1, 0.15) is 31.7 Å². The number of ether oxygens (including phenoxy) is 1. The van der Waals surface area contributed by atoms with E-state index < -0.39 is 10.0 Å². The highest BCUT2D eigenvalue weighted by Crippen LogP contribution is 2.26. The molecule has 21 heavy (non-hydrogen) atoms. The van der Waals surface area contributed by atoms with Crippen molar-refractivity contribution in [3.63, 3.8) is 0 Å². The number of hydrogen-bond acceptors (Lipinski definition) is 4. The number of benzene rings is 1. The lowest BCUT2D eigenvalue weighted by Crippen LogP contribution is -2.32. The molecule has 1 heterocycles. The predicted molar refractivity (Wildman–Crippen MR) is 82.7 cm³/mol. The number of nitrogens with zero attached hydrogens (tertiary/aromatic N) is 1. The van der Waals surface area contributed by atoms with Crippen LogP contribution in [0.2, 0.25) is 0 Å². The monoisotopic (exact) mass is 312 g/mol. The molecule has 0 radical (unpaired) electrons. The molecule has 1 aliphatic rings. The first kappa shape index (κ1) is 16.3. The van der Waals surface area contributed by atoms with Gasteiger partial charge in [0.05, 0.1) is 12.0 Å². The van der Waals surface area contributed by atoms with E-state index in [0.29, 0.717) is 35.2 Å². The van der Waals surface area contributed by atoms with Gasteiger partial charge in [-0.05, 0) is 43.4 Å². The van der Waals surface area contributed by atoms with Crippen LogP contribution in [-0.4, -0.2) is 32.9 Å². The first-order valence-electron chi connectivity index (χ1n) is 7.36. The zero-order valence-corrected chi connectivity index (χ0v) is 13.5. The van der Waals surface area contributed by atoms with E-state index in [9.17, 15) is 8.42 Å². The average molecular weight is 312 g/mol. The van der Waals surface area contributed by atoms with Gasteiger partial charge in [0, 0.05) is 25.2 Å². The van der Waals surface area contributed by atoms with Gasteiger partial charge >= 0.3 is 0 Å². The number of hydrogen-bond donors (Lipinski definition) is 1. The first-order valence-corrected chi connectivity index (χ1v) is 8.80. The maximum Gasteiger partial charge on any atom is 0.243 e. The summed E-state index contributed by atoms with van der Waals surface area (Å²) in [7, 11) is -1.89. The van der Waals surface area contributed by atoms with Gasteiger partial charge in [-0.15, -0.1) is 0 Å². The summed E-state index contributed by atoms with van der Waals surface area (Å²) in [6.07, 6.45) is 2.92. The normalized spacial score (nSPS) is 21.0. The molecule has 0 bridgehead atoms. The lowest BCUT2D eigenvalue weighted by atomic mass is 10.0. The van der Waals surface area contributed by atoms with Crippen LogP contribution in [0.4, 0.5) is 0 Å². The Bertz CT molecular complexity index is 587. The number of rotatable bonds is 4. The molecule has 5 nitrogen and oxygen atoms in total. The van der Waals surface area contributed by atoms with Crippen molar-refractivity contribution in [3.05, 3.63) is 23.8 Å². The molecule has 0 saturated carbocycles. The molecule has 1 aromatic rings. The molecular weight excluding hydrogens is 288 g/mol. The van der Waals surface area contributed by atoms with Crippen molar-refractivity contribution in [1.29, 1.82) is 0 Å². The molecule has 1 fully saturated rings. The highest BCUT2D eigenvalue weighted by Gasteiger charge is 2.27. The second-order valence-corrected chi connectivity index (χ2v) is 7.56. The molecular formula is C15H24N2O3S. The summed E-state index contributed by atoms with van der Waals surface area (Å²) in [6, 6.07) is 4.90. The maximum atomic E-state index is 12.8. The summed E-state index contributed by atoms with van der Waals surface area (Å²) in [6.45, 7) is 3.61. The second-order valence-electron chi connectivity index (χ2n) is 5.62. The highest BCUT2D eigenvalue weighted by molar-refractivity contribution is 7.89. The van der Waals surface area contributed by atoms with Crippen LogP contribution >= 0.6 is 0 Å². The summed E-state index contributed by atoms with van der Waals surface area (Å²) in [5.74, 6) is 1.21. The molecule has 2 N–H and O–H groups in total. The Morgan fingerprint density at radius 3 is 2.76 bits per heavy atom. The Hall–Kier alpha value is -1.11. The van der Waals surface area contributed by atoms with E-state index in [-0.39, 0.29) is 6.54 Å². The third-order valence-corrected chi connectivity index (χ3v) is 5.98. The van der Waals surface area contributed by atoms with Crippen LogP contribution in [0, 0.1) is 5.92 Å². The molecule has 0 amide bonds. The molecule has 1 aliphatic heterocycles. The Kier molecular flexibility index (Phi) is 5.24. The summed E-state index contributed by atoms with van der Waals surface area (Å²) in [4.78, 5) is 0.304. The fourth-order valence-corrected chi connectivity index (χ4v) is 4.25. The van der Waals surface area contributed by atoms with Gasteiger partial charge in [0.15, 0.2) is 0 Å². The molecule has 0 spiro atoms. The summed E-state index contributed by atoms with van der Waals surface area (Å²) >= 11 is 0. The lowest BCUT2D eigenvalue weighted by Gasteiger charge is -2.21. The van der Waals surface area contributed by atoms with Gasteiger partial charge in [0.25, 0.3) is 0 Å². The molecule has 1 atom stereocenters. The molecule has 0 aliphatic carbocycles. The van der Waals surface area contributed by atoms with Crippen LogP contribution in [0.15, 0.2) is 23.1 Å². The molecule has 1 aromatic carbocycles. The topological polar surface area (TPSA) is 72.6 Å². The van der Waals surface area contributed by atoms with Crippen molar-refractivity contribution in [2.75, 3.05) is 20.2 Å². The van der Waals surface area contributed by atoms with Crippen LogP contribution in [0.25, 0.3) is 0 Å². The van der Waals surface area contributed by atoms with Gasteiger partial charge in [-0.3, -0.25) is 0 Å². The maximum absolute atomic E-state index is 12.8. The van der Waals surface area contributed by atoms with Gasteiger partial charge in [-0.2, -0.15) is 4.31 Å². The predicted octanol–water partition coefficient (Wildman–Crippen LogP) is 1.96. The van der Waals surface area contributed by atoms with Crippen molar-refractivity contribution in [2.45, 2.75) is 37.6 Å². The smallest absolute Gasteiger partial charge is 0.243 e. The minimum absolute atomic E-state index is 0.254. The van der Waals surface area contributed by atoms with E-state index in [1.165, 1.54) is 0 Å². The summed E-state index contributed by atoms with van der Waals surface area (Å²) in [5, 5.41) is 0. The Balaban J connectivity index is 2.30. The second kappa shape index (κ2) is 6.77. The number of methoxy groups -OCH3 is 1. The van der Waals surface area contributed by atoms with Crippen molar-refractivity contribution in [3.8, 4) is 5.75 Å². The molecule has 1 saturated heterocycles. The molecule has 1 unspecified atom stereocenters. The Morgan fingerprint density at radius 1 is 1.33 bits per heavy atom. The highest BCUT2D eigenvalue weighted by atomic mass is 32.2. The van der Waals surface area contributed by atoms with Crippen molar-refractivity contribution in [1.82, 2.24) is 4.31 Å². The Morgan fingerprint density at radius 2 is 2.10 bits per heavy atom. The van der Waals surface area contributed by atoms with E-state index in [2.05, 4.69) is 6.92 Å². The van der Waals surface area contributed by atoms with Gasteiger partial charge in [0.2, 0.25) is 10.0 Å². The van der Waals surface area contributed by atoms with E-state index in [0.717, 1.165) is 19.3 Å². The van der Waals surface area contributed by atoms with E-state index in [1.807, 2.05) is 0 Å². The van der Waals surface area contributed by atoms with Crippen molar-refractivity contribution < 1.29 is 13.2 Å². The van der Waals surface area contributed by atoms with Crippen LogP contribution in [-0.2, 0) is 16.6 Å². The third-order valence-electron chi connectivity index (χ3n) is 4.09. The minimum Gasteiger partial charge on any atom is -0.496 e. The average Bonchev–Trinajstić information content (AvgIpc) is 2.71. The standard InChI is InChI=1S/C15H24N2O3S/c1-12-4-3-8-17(9-7-12)21(18,19)14-5-6-15(20-2)13(10-14)11-16/h5-6,10,12H,3-4,7-9,11,16H2,1-2H3. The number of sulfonamides is 1. The van der Waals surface area contributed by atoms with Gasteiger partial charge in [0.1, 0.15) is 5.75 Å². The fraction of sp³-hybridized carbons (Fsp3) is 0.600. The van der Waals surface area contributed by atoms with Crippen molar-refractivity contribution >= 4 is 10.0 Å². The quantitative estimate of drug-likeness (QED) is 0.922. The largest absolute Gasteiger partial charge is 0.496 e. The van der Waals surface area contributed by atoms with E-state index in [4.69, 9.17) is 10.5 Å².